The summed E-state index contributed by atoms with van der Waals surface area (Å²) in [6.45, 7) is 1.95. The molecule has 1 aromatic carbocycles. The lowest BCUT2D eigenvalue weighted by atomic mass is 9.88. The zero-order valence-corrected chi connectivity index (χ0v) is 11.3. The summed E-state index contributed by atoms with van der Waals surface area (Å²) in [5.74, 6) is -0.273. The van der Waals surface area contributed by atoms with Crippen molar-refractivity contribution in [1.82, 2.24) is 0 Å². The van der Waals surface area contributed by atoms with Gasteiger partial charge in [-0.15, -0.1) is 0 Å². The molecule has 0 saturated carbocycles. The first kappa shape index (κ1) is 13.9. The molecule has 2 unspecified atom stereocenters. The molecule has 2 atom stereocenters. The fourth-order valence-electron chi connectivity index (χ4n) is 2.56. The summed E-state index contributed by atoms with van der Waals surface area (Å²) in [4.78, 5) is 11.1. The molecule has 0 radical (unpaired) electrons. The van der Waals surface area contributed by atoms with E-state index in [1.807, 2.05) is 25.1 Å². The van der Waals surface area contributed by atoms with Crippen molar-refractivity contribution in [3.63, 3.8) is 0 Å². The SMILES string of the molecule is CCCC(Oc1ccc2c(c1)CCCC2N)C(=O)O. The first-order chi connectivity index (χ1) is 9.11. The van der Waals surface area contributed by atoms with E-state index >= 15 is 0 Å². The van der Waals surface area contributed by atoms with Crippen molar-refractivity contribution in [3.8, 4) is 5.75 Å². The van der Waals surface area contributed by atoms with Crippen LogP contribution in [0.4, 0.5) is 0 Å². The molecule has 3 N–H and O–H groups in total. The molecule has 1 aliphatic rings. The summed E-state index contributed by atoms with van der Waals surface area (Å²) in [5, 5.41) is 9.10. The van der Waals surface area contributed by atoms with Crippen molar-refractivity contribution in [2.24, 2.45) is 5.73 Å². The molecule has 0 spiro atoms. The van der Waals surface area contributed by atoms with Gasteiger partial charge in [0.1, 0.15) is 5.75 Å². The molecule has 1 aliphatic carbocycles. The average Bonchev–Trinajstić information content (AvgIpc) is 2.38. The molecule has 0 aromatic heterocycles. The minimum atomic E-state index is -0.906. The maximum atomic E-state index is 11.1. The first-order valence-corrected chi connectivity index (χ1v) is 6.89. The van der Waals surface area contributed by atoms with E-state index in [1.165, 1.54) is 11.1 Å². The van der Waals surface area contributed by atoms with Gasteiger partial charge in [0.15, 0.2) is 6.10 Å². The zero-order valence-electron chi connectivity index (χ0n) is 11.3. The maximum Gasteiger partial charge on any atom is 0.344 e. The number of fused-ring (bicyclic) bond motifs is 1. The number of aryl methyl sites for hydroxylation is 1. The van der Waals surface area contributed by atoms with Gasteiger partial charge in [-0.1, -0.05) is 19.4 Å². The number of rotatable bonds is 5. The van der Waals surface area contributed by atoms with Crippen molar-refractivity contribution in [2.75, 3.05) is 0 Å². The Kier molecular flexibility index (Phi) is 4.43. The van der Waals surface area contributed by atoms with Crippen LogP contribution in [0.5, 0.6) is 5.75 Å². The Morgan fingerprint density at radius 3 is 3.05 bits per heavy atom. The van der Waals surface area contributed by atoms with Crippen molar-refractivity contribution in [2.45, 2.75) is 51.2 Å². The van der Waals surface area contributed by atoms with E-state index in [1.54, 1.807) is 0 Å². The Morgan fingerprint density at radius 2 is 2.37 bits per heavy atom. The highest BCUT2D eigenvalue weighted by Crippen LogP contribution is 2.31. The van der Waals surface area contributed by atoms with Gasteiger partial charge in [-0.3, -0.25) is 0 Å². The molecule has 4 nitrogen and oxygen atoms in total. The van der Waals surface area contributed by atoms with Gasteiger partial charge in [0.05, 0.1) is 0 Å². The Hall–Kier alpha value is -1.55. The van der Waals surface area contributed by atoms with Gasteiger partial charge in [-0.2, -0.15) is 0 Å². The predicted octanol–water partition coefficient (Wildman–Crippen LogP) is 2.65. The molecule has 19 heavy (non-hydrogen) atoms. The van der Waals surface area contributed by atoms with Crippen LogP contribution < -0.4 is 10.5 Å². The number of carbonyl (C=O) groups is 1. The van der Waals surface area contributed by atoms with E-state index in [9.17, 15) is 4.79 Å². The van der Waals surface area contributed by atoms with E-state index in [2.05, 4.69) is 0 Å². The second-order valence-corrected chi connectivity index (χ2v) is 5.09. The molecule has 1 aromatic rings. The molecule has 4 heteroatoms. The third kappa shape index (κ3) is 3.26. The van der Waals surface area contributed by atoms with E-state index in [0.717, 1.165) is 25.7 Å². The van der Waals surface area contributed by atoms with E-state index in [-0.39, 0.29) is 6.04 Å². The number of ether oxygens (including phenoxy) is 1. The minimum absolute atomic E-state index is 0.101. The summed E-state index contributed by atoms with van der Waals surface area (Å²) in [7, 11) is 0. The van der Waals surface area contributed by atoms with Crippen LogP contribution in [0.1, 0.15) is 49.8 Å². The monoisotopic (exact) mass is 263 g/mol. The molecular weight excluding hydrogens is 242 g/mol. The molecule has 0 bridgehead atoms. The van der Waals surface area contributed by atoms with Crippen LogP contribution in [0, 0.1) is 0 Å². The molecule has 2 rings (SSSR count). The fourth-order valence-corrected chi connectivity index (χ4v) is 2.56. The lowest BCUT2D eigenvalue weighted by Gasteiger charge is -2.23. The Labute approximate surface area is 113 Å². The lowest BCUT2D eigenvalue weighted by Crippen LogP contribution is -2.27. The van der Waals surface area contributed by atoms with Gasteiger partial charge in [0.25, 0.3) is 0 Å². The zero-order chi connectivity index (χ0) is 13.8. The van der Waals surface area contributed by atoms with E-state index in [4.69, 9.17) is 15.6 Å². The van der Waals surface area contributed by atoms with Gasteiger partial charge in [-0.05, 0) is 48.9 Å². The van der Waals surface area contributed by atoms with Crippen molar-refractivity contribution < 1.29 is 14.6 Å². The topological polar surface area (TPSA) is 72.5 Å². The largest absolute Gasteiger partial charge is 0.479 e. The van der Waals surface area contributed by atoms with E-state index < -0.39 is 12.1 Å². The highest BCUT2D eigenvalue weighted by atomic mass is 16.5. The molecule has 104 valence electrons. The first-order valence-electron chi connectivity index (χ1n) is 6.89. The average molecular weight is 263 g/mol. The fraction of sp³-hybridized carbons (Fsp3) is 0.533. The summed E-state index contributed by atoms with van der Waals surface area (Å²) >= 11 is 0. The van der Waals surface area contributed by atoms with Crippen molar-refractivity contribution in [3.05, 3.63) is 29.3 Å². The molecule has 0 heterocycles. The van der Waals surface area contributed by atoms with Gasteiger partial charge >= 0.3 is 5.97 Å². The van der Waals surface area contributed by atoms with Crippen LogP contribution >= 0.6 is 0 Å². The van der Waals surface area contributed by atoms with Crippen LogP contribution in [0.15, 0.2) is 18.2 Å². The second kappa shape index (κ2) is 6.06. The lowest BCUT2D eigenvalue weighted by molar-refractivity contribution is -0.145. The maximum absolute atomic E-state index is 11.1. The highest BCUT2D eigenvalue weighted by Gasteiger charge is 2.21. The molecule has 0 fully saturated rings. The van der Waals surface area contributed by atoms with Crippen LogP contribution in [0.25, 0.3) is 0 Å². The van der Waals surface area contributed by atoms with Gasteiger partial charge in [0, 0.05) is 6.04 Å². The summed E-state index contributed by atoms with van der Waals surface area (Å²) in [6, 6.07) is 5.85. The van der Waals surface area contributed by atoms with Crippen molar-refractivity contribution >= 4 is 5.97 Å². The number of nitrogens with two attached hydrogens (primary N) is 1. The summed E-state index contributed by atoms with van der Waals surface area (Å²) < 4.78 is 5.58. The number of aliphatic carboxylic acids is 1. The van der Waals surface area contributed by atoms with Crippen LogP contribution in [0.2, 0.25) is 0 Å². The standard InChI is InChI=1S/C15H21NO3/c1-2-4-14(15(17)18)19-11-7-8-12-10(9-11)5-3-6-13(12)16/h7-9,13-14H,2-6,16H2,1H3,(H,17,18). The Balaban J connectivity index is 2.15. The van der Waals surface area contributed by atoms with Gasteiger partial charge in [0.2, 0.25) is 0 Å². The quantitative estimate of drug-likeness (QED) is 0.856. The van der Waals surface area contributed by atoms with Crippen molar-refractivity contribution in [1.29, 1.82) is 0 Å². The van der Waals surface area contributed by atoms with Crippen LogP contribution in [-0.2, 0) is 11.2 Å². The number of hydrogen-bond donors (Lipinski definition) is 2. The summed E-state index contributed by atoms with van der Waals surface area (Å²) in [6.07, 6.45) is 3.63. The highest BCUT2D eigenvalue weighted by molar-refractivity contribution is 5.72. The molecular formula is C15H21NO3. The van der Waals surface area contributed by atoms with Crippen LogP contribution in [-0.4, -0.2) is 17.2 Å². The second-order valence-electron chi connectivity index (χ2n) is 5.09. The summed E-state index contributed by atoms with van der Waals surface area (Å²) in [5.41, 5.74) is 8.42. The third-order valence-corrected chi connectivity index (χ3v) is 3.58. The Bertz CT molecular complexity index is 459. The Morgan fingerprint density at radius 1 is 1.58 bits per heavy atom. The third-order valence-electron chi connectivity index (χ3n) is 3.58. The molecule has 0 amide bonds. The van der Waals surface area contributed by atoms with E-state index in [0.29, 0.717) is 12.2 Å². The number of carboxylic acid groups (broad SMARTS) is 1. The number of benzene rings is 1. The predicted molar refractivity (Wildman–Crippen MR) is 73.3 cm³/mol. The smallest absolute Gasteiger partial charge is 0.344 e. The number of carboxylic acids is 1. The molecule has 0 saturated heterocycles. The molecule has 0 aliphatic heterocycles. The minimum Gasteiger partial charge on any atom is -0.479 e. The normalized spacial score (nSPS) is 19.6. The van der Waals surface area contributed by atoms with Gasteiger partial charge in [-0.25, -0.2) is 4.79 Å². The van der Waals surface area contributed by atoms with Crippen LogP contribution in [0.3, 0.4) is 0 Å². The number of hydrogen-bond acceptors (Lipinski definition) is 3. The van der Waals surface area contributed by atoms with Gasteiger partial charge < -0.3 is 15.6 Å².